The molecule has 30 aliphatic heterocycles. The van der Waals surface area contributed by atoms with Crippen molar-refractivity contribution in [3.63, 3.8) is 0 Å². The second-order valence-electron chi connectivity index (χ2n) is 34.6. The number of thioether (sulfide) groups is 7. The average molecular weight is 2190 g/mol. The molecule has 0 radical (unpaired) electrons. The predicted octanol–water partition coefficient (Wildman–Crippen LogP) is -4.28. The lowest BCUT2D eigenvalue weighted by atomic mass is 9.95. The van der Waals surface area contributed by atoms with Gasteiger partial charge in [0, 0.05) is 91.1 Å². The summed E-state index contributed by atoms with van der Waals surface area (Å²) in [5.41, 5.74) is 0.958. The van der Waals surface area contributed by atoms with E-state index in [9.17, 15) is 151 Å². The third-order valence-corrected chi connectivity index (χ3v) is 34.4. The first-order valence-electron chi connectivity index (χ1n) is 45.6. The lowest BCUT2D eigenvalue weighted by molar-refractivity contribution is -0.397. The van der Waals surface area contributed by atoms with Crippen LogP contribution in [0.5, 0.6) is 0 Å². The molecule has 30 fully saturated rings. The molecule has 0 aromatic heterocycles. The highest BCUT2D eigenvalue weighted by molar-refractivity contribution is 8.00. The molecule has 0 saturated carbocycles. The highest BCUT2D eigenvalue weighted by atomic mass is 32.2. The third kappa shape index (κ3) is 30.9. The van der Waals surface area contributed by atoms with Gasteiger partial charge < -0.3 is 198 Å². The first kappa shape index (κ1) is 117. The van der Waals surface area contributed by atoms with E-state index < -0.39 is 381 Å². The molecule has 0 amide bonds. The molecule has 23 N–H and O–H groups in total. The number of ether oxygens (including phenoxy) is 16. The van der Waals surface area contributed by atoms with Crippen molar-refractivity contribution in [2.75, 3.05) is 87.1 Å². The van der Waals surface area contributed by atoms with Gasteiger partial charge in [-0.1, -0.05) is 66.7 Å². The molecule has 33 rings (SSSR count). The highest BCUT2D eigenvalue weighted by Crippen LogP contribution is 2.50. The van der Waals surface area contributed by atoms with E-state index in [0.717, 1.165) is 82.3 Å². The standard InChI is InChI=1S/C87H121O48PS7/c88-49(89)15-22-137-30-41-73-58(104)66(112)82(122-41)131-75-43(32-139-24-17-51(92)93)124-84(68(114)60(75)106)133-77-45(34-141-26-19-53(96)97)126-86(70(116)62(77)108)135-79-47(36-143-28-21-55(100)101)127-87(71(117)63(79)109)134-78-46(35-142-27-20-54(98)99)125-85(69(115)61(78)107)132-76-44(33-140-25-18-52(94)95)123-83(67(113)59(76)105)130-74-42(31-138-23-16-50(90)91)121-81(65(111)57(74)103)128-72-40(120-80(129-73)64(110)56(72)102)29-119-136(118,38-11-5-2-6-12-38)48-14-8-7-13-39(48)37-9-3-1-4-10-37/h1-14,40-47,56-87,102-117H,15-36H2,(H,88,89)(H,90,91)(H,92,93)(H,94,95)(H,96,97)(H,98,99)(H,100,101)/t40-,41-,42-,43-,44-,45-,46-,47-,56-,57-,58-,59-,60-,61-,62-,63-,64-,65-,66-,67-,68-,69-,70-,71-,72-,73-,74-,75-,76-,77-,78-,79-,80-,81-,82-,83-,84-,85-,86-,87-,136?/m1/s1. The molecule has 0 aliphatic carbocycles. The second kappa shape index (κ2) is 55.5. The van der Waals surface area contributed by atoms with E-state index in [-0.39, 0.29) is 56.6 Å². The molecule has 56 heteroatoms. The van der Waals surface area contributed by atoms with Crippen LogP contribution in [0.2, 0.25) is 0 Å². The molecule has 41 atom stereocenters. The molecule has 16 bridgehead atoms. The van der Waals surface area contributed by atoms with E-state index in [1.165, 1.54) is 18.2 Å². The Kier molecular flexibility index (Phi) is 45.4. The van der Waals surface area contributed by atoms with Crippen LogP contribution in [0, 0.1) is 0 Å². The van der Waals surface area contributed by atoms with Crippen LogP contribution in [0.1, 0.15) is 44.9 Å². The summed E-state index contributed by atoms with van der Waals surface area (Å²) in [6.45, 7) is -0.991. The number of carboxylic acids is 7. The molecule has 0 spiro atoms. The lowest BCUT2D eigenvalue weighted by Crippen LogP contribution is -2.69. The maximum absolute atomic E-state index is 16.5. The van der Waals surface area contributed by atoms with Gasteiger partial charge in [0.25, 0.3) is 7.37 Å². The molecule has 3 aromatic carbocycles. The Bertz CT molecular complexity index is 4420. The van der Waals surface area contributed by atoms with Gasteiger partial charge in [0.05, 0.1) is 94.3 Å². The van der Waals surface area contributed by atoms with E-state index in [2.05, 4.69) is 0 Å². The van der Waals surface area contributed by atoms with Gasteiger partial charge in [0.15, 0.2) is 50.3 Å². The number of aliphatic hydroxyl groups excluding tert-OH is 16. The van der Waals surface area contributed by atoms with Crippen molar-refractivity contribution in [1.82, 2.24) is 0 Å². The van der Waals surface area contributed by atoms with Crippen LogP contribution in [0.25, 0.3) is 11.1 Å². The van der Waals surface area contributed by atoms with Crippen LogP contribution in [0.15, 0.2) is 84.9 Å². The number of aliphatic hydroxyl groups is 16. The number of rotatable bonds is 41. The Labute approximate surface area is 846 Å². The molecule has 143 heavy (non-hydrogen) atoms. The smallest absolute Gasteiger partial charge is 0.304 e. The molecule has 48 nitrogen and oxygen atoms in total. The van der Waals surface area contributed by atoms with Crippen molar-refractivity contribution in [2.24, 2.45) is 0 Å². The summed E-state index contributed by atoms with van der Waals surface area (Å²) in [4.78, 5) is 83.6. The molecule has 1 unspecified atom stereocenters. The number of carboxylic acid groups (broad SMARTS) is 7. The molecular formula is C87H121O48PS7. The summed E-state index contributed by atoms with van der Waals surface area (Å²) in [6, 6.07) is 22.9. The maximum Gasteiger partial charge on any atom is 0.304 e. The molecular weight excluding hydrogens is 2070 g/mol. The number of aliphatic carboxylic acids is 7. The van der Waals surface area contributed by atoms with E-state index in [1.54, 1.807) is 66.7 Å². The van der Waals surface area contributed by atoms with E-state index >= 15 is 4.57 Å². The SMILES string of the molecule is O=C(O)CCSC[C@H]1O[C@@H]2O[C@H]3[C@H](O)[C@@H](O)[C@@H](O[C@H]4[C@H](O)[C@@H](O)[C@@H](O[C@H]5[C@H](O)[C@@H](O)[C@@H](O[C@H]6[C@H](O)[C@@H](O)[C@@H](O[C@H]7[C@H](O)[C@@H](O)[C@@H](O[C@H]8[C@H](O)[C@@H](O)[C@@H](O[C@H]9[C@H](O)[C@@H](O)[C@@H](O[C@H]1[C@H](O)[C@H]2O)O[C@@H]9COP(=O)(c1ccccc1)c1ccccc1-c1ccccc1)O[C@@H]8CSCCC(=O)O)O[C@@H]7CSCCC(=O)O)O[C@@H]6CSCCC(=O)O)O[C@@H]5CSCCC(=O)O)O[C@@H]4CSCCC(=O)O)O[C@@H]3CSCCC(=O)O. The fourth-order valence-electron chi connectivity index (χ4n) is 17.0. The minimum Gasteiger partial charge on any atom is -0.481 e. The summed E-state index contributed by atoms with van der Waals surface area (Å²) in [5, 5.41) is 267. The van der Waals surface area contributed by atoms with Crippen LogP contribution in [0.3, 0.4) is 0 Å². The van der Waals surface area contributed by atoms with Gasteiger partial charge in [-0.2, -0.15) is 82.3 Å². The number of hydrogen-bond donors (Lipinski definition) is 23. The van der Waals surface area contributed by atoms with E-state index in [1.807, 2.05) is 0 Å². The number of carbonyl (C=O) groups is 7. The van der Waals surface area contributed by atoms with E-state index in [4.69, 9.17) is 80.3 Å². The Balaban J connectivity index is 0.944. The Morgan fingerprint density at radius 3 is 0.629 bits per heavy atom. The number of benzene rings is 3. The molecule has 804 valence electrons. The van der Waals surface area contributed by atoms with Crippen molar-refractivity contribution in [2.45, 2.75) is 291 Å². The van der Waals surface area contributed by atoms with Crippen LogP contribution in [0.4, 0.5) is 0 Å². The van der Waals surface area contributed by atoms with Gasteiger partial charge in [-0.15, -0.1) is 0 Å². The fourth-order valence-corrected chi connectivity index (χ4v) is 26.2. The maximum atomic E-state index is 16.5. The Morgan fingerprint density at radius 2 is 0.420 bits per heavy atom. The van der Waals surface area contributed by atoms with Crippen LogP contribution in [-0.4, -0.2) is 492 Å². The van der Waals surface area contributed by atoms with Gasteiger partial charge in [0.2, 0.25) is 0 Å². The van der Waals surface area contributed by atoms with Gasteiger partial charge >= 0.3 is 41.8 Å². The Morgan fingerprint density at radius 1 is 0.238 bits per heavy atom. The van der Waals surface area contributed by atoms with Crippen molar-refractivity contribution in [1.29, 1.82) is 0 Å². The van der Waals surface area contributed by atoms with Crippen LogP contribution >= 0.6 is 89.7 Å². The largest absolute Gasteiger partial charge is 0.481 e. The zero-order valence-electron chi connectivity index (χ0n) is 76.0. The van der Waals surface area contributed by atoms with Crippen molar-refractivity contribution < 1.29 is 236 Å². The summed E-state index contributed by atoms with van der Waals surface area (Å²) >= 11 is 6.13. The summed E-state index contributed by atoms with van der Waals surface area (Å²) < 4.78 is 125. The minimum atomic E-state index is -4.56. The zero-order chi connectivity index (χ0) is 103. The molecule has 30 heterocycles. The van der Waals surface area contributed by atoms with Crippen molar-refractivity contribution in [3.8, 4) is 11.1 Å². The van der Waals surface area contributed by atoms with Crippen LogP contribution < -0.4 is 10.6 Å². The average Bonchev–Trinajstić information content (AvgIpc) is 0.768. The van der Waals surface area contributed by atoms with Crippen molar-refractivity contribution in [3.05, 3.63) is 84.9 Å². The van der Waals surface area contributed by atoms with Gasteiger partial charge in [-0.25, -0.2) is 0 Å². The molecule has 30 aliphatic rings. The fraction of sp³-hybridized carbons (Fsp3) is 0.713. The van der Waals surface area contributed by atoms with Gasteiger partial charge in [-0.05, 0) is 29.3 Å². The quantitative estimate of drug-likeness (QED) is 0.0189. The predicted molar refractivity (Wildman–Crippen MR) is 503 cm³/mol. The van der Waals surface area contributed by atoms with Gasteiger partial charge in [-0.3, -0.25) is 38.1 Å². The summed E-state index contributed by atoms with van der Waals surface area (Å²) in [5.74, 6) is -12.9. The zero-order valence-corrected chi connectivity index (χ0v) is 82.6. The molecule has 3 aromatic rings. The lowest BCUT2D eigenvalue weighted by Gasteiger charge is -2.51. The normalized spacial score (nSPS) is 38.8. The summed E-state index contributed by atoms with van der Waals surface area (Å²) in [7, 11) is -4.56. The first-order valence-corrected chi connectivity index (χ1v) is 55.3. The third-order valence-electron chi connectivity index (χ3n) is 24.5. The Hall–Kier alpha value is -4.69. The first-order chi connectivity index (χ1) is 68.2. The van der Waals surface area contributed by atoms with E-state index in [0.29, 0.717) is 11.1 Å². The van der Waals surface area contributed by atoms with Gasteiger partial charge in [0.1, 0.15) is 153 Å². The number of hydrogen-bond acceptors (Lipinski definition) is 48. The second-order valence-corrected chi connectivity index (χ2v) is 45.0. The van der Waals surface area contributed by atoms with Crippen LogP contribution in [-0.2, 0) is 118 Å². The monoisotopic (exact) mass is 2190 g/mol. The topological polar surface area (TPSA) is 759 Å². The molecule has 30 saturated heterocycles. The minimum absolute atomic E-state index is 0.0789. The summed E-state index contributed by atoms with van der Waals surface area (Å²) in [6.07, 6.45) is -87.8. The highest BCUT2D eigenvalue weighted by Gasteiger charge is 2.62. The van der Waals surface area contributed by atoms with Crippen molar-refractivity contribution >= 4 is 142 Å².